The lowest BCUT2D eigenvalue weighted by Gasteiger charge is -2.33. The zero-order chi connectivity index (χ0) is 19.7. The molecule has 0 spiro atoms. The molecule has 1 aliphatic rings. The summed E-state index contributed by atoms with van der Waals surface area (Å²) < 4.78 is 4.97. The van der Waals surface area contributed by atoms with Crippen molar-refractivity contribution < 1.29 is 9.53 Å². The third-order valence-corrected chi connectivity index (χ3v) is 5.79. The lowest BCUT2D eigenvalue weighted by Crippen LogP contribution is -2.39. The van der Waals surface area contributed by atoms with Crippen LogP contribution in [0.1, 0.15) is 18.4 Å². The lowest BCUT2D eigenvalue weighted by molar-refractivity contribution is -0.145. The number of halogens is 1. The molecule has 1 atom stereocenters. The summed E-state index contributed by atoms with van der Waals surface area (Å²) in [6.45, 7) is 3.46. The molecule has 1 fully saturated rings. The Hall–Kier alpha value is -2.66. The standard InChI is InChI=1S/C22H22ClN3O2/c1-14-11-15(8-9-18(14)23)17-6-3-7-19-20(17)21(25-13-24-19)26-10-4-5-16(12-26)22(27)28-2/h3,6-9,11,13,16H,4-5,10,12H2,1-2H3. The number of methoxy groups -OCH3 is 1. The van der Waals surface area contributed by atoms with Gasteiger partial charge in [0.2, 0.25) is 0 Å². The summed E-state index contributed by atoms with van der Waals surface area (Å²) in [5, 5.41) is 1.75. The van der Waals surface area contributed by atoms with Gasteiger partial charge in [-0.3, -0.25) is 4.79 Å². The van der Waals surface area contributed by atoms with Crippen molar-refractivity contribution in [1.29, 1.82) is 0 Å². The van der Waals surface area contributed by atoms with Crippen LogP contribution >= 0.6 is 11.6 Å². The molecule has 28 heavy (non-hydrogen) atoms. The molecule has 4 rings (SSSR count). The van der Waals surface area contributed by atoms with Crippen molar-refractivity contribution >= 4 is 34.3 Å². The molecule has 0 N–H and O–H groups in total. The average Bonchev–Trinajstić information content (AvgIpc) is 2.74. The van der Waals surface area contributed by atoms with Gasteiger partial charge in [-0.25, -0.2) is 9.97 Å². The molecule has 1 unspecified atom stereocenters. The smallest absolute Gasteiger partial charge is 0.310 e. The largest absolute Gasteiger partial charge is 0.469 e. The Kier molecular flexibility index (Phi) is 5.18. The molecule has 1 saturated heterocycles. The second-order valence-electron chi connectivity index (χ2n) is 7.17. The molecule has 144 valence electrons. The minimum Gasteiger partial charge on any atom is -0.469 e. The Labute approximate surface area is 169 Å². The van der Waals surface area contributed by atoms with Gasteiger partial charge in [-0.15, -0.1) is 0 Å². The first-order valence-corrected chi connectivity index (χ1v) is 9.79. The highest BCUT2D eigenvalue weighted by molar-refractivity contribution is 6.31. The number of benzene rings is 2. The number of piperidine rings is 1. The normalized spacial score (nSPS) is 17.0. The number of aromatic nitrogens is 2. The van der Waals surface area contributed by atoms with E-state index in [1.54, 1.807) is 6.33 Å². The Balaban J connectivity index is 1.83. The van der Waals surface area contributed by atoms with Gasteiger partial charge in [0.15, 0.2) is 0 Å². The van der Waals surface area contributed by atoms with Gasteiger partial charge in [0.1, 0.15) is 12.1 Å². The fourth-order valence-electron chi connectivity index (χ4n) is 3.91. The van der Waals surface area contributed by atoms with Crippen molar-refractivity contribution in [1.82, 2.24) is 9.97 Å². The third kappa shape index (κ3) is 3.42. The number of carbonyl (C=O) groups excluding carboxylic acids is 1. The zero-order valence-corrected chi connectivity index (χ0v) is 16.7. The number of ether oxygens (including phenoxy) is 1. The van der Waals surface area contributed by atoms with Gasteiger partial charge in [0.05, 0.1) is 23.9 Å². The maximum absolute atomic E-state index is 12.1. The number of rotatable bonds is 3. The topological polar surface area (TPSA) is 55.3 Å². The molecule has 6 heteroatoms. The van der Waals surface area contributed by atoms with Crippen LogP contribution in [0.5, 0.6) is 0 Å². The number of carbonyl (C=O) groups is 1. The van der Waals surface area contributed by atoms with Crippen molar-refractivity contribution in [2.24, 2.45) is 5.92 Å². The van der Waals surface area contributed by atoms with E-state index >= 15 is 0 Å². The zero-order valence-electron chi connectivity index (χ0n) is 16.0. The van der Waals surface area contributed by atoms with Gasteiger partial charge >= 0.3 is 5.97 Å². The van der Waals surface area contributed by atoms with Crippen LogP contribution in [-0.4, -0.2) is 36.1 Å². The summed E-state index contributed by atoms with van der Waals surface area (Å²) in [6, 6.07) is 12.1. The summed E-state index contributed by atoms with van der Waals surface area (Å²) in [5.74, 6) is 0.576. The van der Waals surface area contributed by atoms with E-state index in [2.05, 4.69) is 27.0 Å². The van der Waals surface area contributed by atoms with Gasteiger partial charge in [0, 0.05) is 18.1 Å². The summed E-state index contributed by atoms with van der Waals surface area (Å²) in [7, 11) is 1.45. The van der Waals surface area contributed by atoms with E-state index in [4.69, 9.17) is 16.3 Å². The average molecular weight is 396 g/mol. The number of hydrogen-bond donors (Lipinski definition) is 0. The first-order valence-electron chi connectivity index (χ1n) is 9.41. The maximum atomic E-state index is 12.1. The van der Waals surface area contributed by atoms with E-state index < -0.39 is 0 Å². The summed E-state index contributed by atoms with van der Waals surface area (Å²) in [4.78, 5) is 23.3. The number of anilines is 1. The van der Waals surface area contributed by atoms with Crippen LogP contribution in [0, 0.1) is 12.8 Å². The van der Waals surface area contributed by atoms with E-state index in [1.165, 1.54) is 7.11 Å². The Morgan fingerprint density at radius 1 is 1.25 bits per heavy atom. The highest BCUT2D eigenvalue weighted by atomic mass is 35.5. The van der Waals surface area contributed by atoms with Gasteiger partial charge in [-0.05, 0) is 54.7 Å². The summed E-state index contributed by atoms with van der Waals surface area (Å²) >= 11 is 6.22. The maximum Gasteiger partial charge on any atom is 0.310 e. The van der Waals surface area contributed by atoms with Gasteiger partial charge in [-0.2, -0.15) is 0 Å². The molecule has 0 radical (unpaired) electrons. The monoisotopic (exact) mass is 395 g/mol. The molecule has 1 aliphatic heterocycles. The highest BCUT2D eigenvalue weighted by Gasteiger charge is 2.28. The number of fused-ring (bicyclic) bond motifs is 1. The fraction of sp³-hybridized carbons (Fsp3) is 0.318. The van der Waals surface area contributed by atoms with Crippen molar-refractivity contribution in [3.05, 3.63) is 53.3 Å². The molecule has 0 amide bonds. The van der Waals surface area contributed by atoms with Crippen molar-refractivity contribution in [3.8, 4) is 11.1 Å². The van der Waals surface area contributed by atoms with E-state index in [0.717, 1.165) is 57.8 Å². The second kappa shape index (κ2) is 7.76. The van der Waals surface area contributed by atoms with Crippen molar-refractivity contribution in [2.75, 3.05) is 25.1 Å². The van der Waals surface area contributed by atoms with Crippen LogP contribution in [0.25, 0.3) is 22.0 Å². The van der Waals surface area contributed by atoms with Crippen LogP contribution in [0.3, 0.4) is 0 Å². The lowest BCUT2D eigenvalue weighted by atomic mass is 9.96. The fourth-order valence-corrected chi connectivity index (χ4v) is 4.03. The van der Waals surface area contributed by atoms with Crippen LogP contribution in [0.2, 0.25) is 5.02 Å². The van der Waals surface area contributed by atoms with Crippen molar-refractivity contribution in [2.45, 2.75) is 19.8 Å². The summed E-state index contributed by atoms with van der Waals surface area (Å²) in [6.07, 6.45) is 3.36. The van der Waals surface area contributed by atoms with Gasteiger partial charge < -0.3 is 9.64 Å². The van der Waals surface area contributed by atoms with E-state index in [-0.39, 0.29) is 11.9 Å². The quantitative estimate of drug-likeness (QED) is 0.604. The number of nitrogens with zero attached hydrogens (tertiary/aromatic N) is 3. The molecule has 2 heterocycles. The molecular formula is C22H22ClN3O2. The summed E-state index contributed by atoms with van der Waals surface area (Å²) in [5.41, 5.74) is 4.05. The first kappa shape index (κ1) is 18.7. The van der Waals surface area contributed by atoms with E-state index in [0.29, 0.717) is 6.54 Å². The Bertz CT molecular complexity index is 1030. The third-order valence-electron chi connectivity index (χ3n) is 5.37. The van der Waals surface area contributed by atoms with Crippen LogP contribution in [0.15, 0.2) is 42.7 Å². The molecule has 0 saturated carbocycles. The molecular weight excluding hydrogens is 374 g/mol. The predicted molar refractivity (Wildman–Crippen MR) is 112 cm³/mol. The minimum absolute atomic E-state index is 0.131. The number of hydrogen-bond acceptors (Lipinski definition) is 5. The van der Waals surface area contributed by atoms with Crippen LogP contribution in [-0.2, 0) is 9.53 Å². The molecule has 5 nitrogen and oxygen atoms in total. The Morgan fingerprint density at radius 3 is 2.89 bits per heavy atom. The van der Waals surface area contributed by atoms with E-state index in [9.17, 15) is 4.79 Å². The molecule has 3 aromatic rings. The molecule has 0 bridgehead atoms. The first-order chi connectivity index (χ1) is 13.6. The molecule has 1 aromatic heterocycles. The number of aryl methyl sites for hydroxylation is 1. The van der Waals surface area contributed by atoms with Crippen LogP contribution in [0.4, 0.5) is 5.82 Å². The van der Waals surface area contributed by atoms with Crippen LogP contribution < -0.4 is 4.90 Å². The minimum atomic E-state index is -0.156. The van der Waals surface area contributed by atoms with E-state index in [1.807, 2.05) is 31.2 Å². The second-order valence-corrected chi connectivity index (χ2v) is 7.58. The highest BCUT2D eigenvalue weighted by Crippen LogP contribution is 2.36. The molecule has 2 aromatic carbocycles. The van der Waals surface area contributed by atoms with Gasteiger partial charge in [0.25, 0.3) is 0 Å². The number of esters is 1. The Morgan fingerprint density at radius 2 is 2.11 bits per heavy atom. The molecule has 0 aliphatic carbocycles. The van der Waals surface area contributed by atoms with Crippen molar-refractivity contribution in [3.63, 3.8) is 0 Å². The van der Waals surface area contributed by atoms with Gasteiger partial charge in [-0.1, -0.05) is 29.8 Å². The predicted octanol–water partition coefficient (Wildman–Crippen LogP) is 4.65. The SMILES string of the molecule is COC(=O)C1CCCN(c2ncnc3cccc(-c4ccc(Cl)c(C)c4)c23)C1.